The lowest BCUT2D eigenvalue weighted by Gasteiger charge is -2.06. The number of carbonyl (C=O) groups is 4. The predicted molar refractivity (Wildman–Crippen MR) is 212 cm³/mol. The van der Waals surface area contributed by atoms with Crippen molar-refractivity contribution in [3.05, 3.63) is 119 Å². The molecule has 0 saturated carbocycles. The van der Waals surface area contributed by atoms with Crippen LogP contribution in [0.15, 0.2) is 97.1 Å². The minimum absolute atomic E-state index is 0.201. The summed E-state index contributed by atoms with van der Waals surface area (Å²) in [5, 5.41) is 0. The normalized spacial score (nSPS) is 9.00. The Morgan fingerprint density at radius 2 is 0.596 bits per heavy atom. The molecule has 4 aromatic carbocycles. The van der Waals surface area contributed by atoms with Gasteiger partial charge in [-0.1, -0.05) is 104 Å². The minimum atomic E-state index is -0.532. The van der Waals surface area contributed by atoms with Gasteiger partial charge in [0.05, 0.1) is 14.2 Å². The molecule has 0 aliphatic carbocycles. The molecule has 0 spiro atoms. The zero-order valence-electron chi connectivity index (χ0n) is 33.3. The van der Waals surface area contributed by atoms with Crippen molar-refractivity contribution in [3.63, 3.8) is 0 Å². The molecule has 0 aromatic heterocycles. The number of ketones is 2. The van der Waals surface area contributed by atoms with Crippen molar-refractivity contribution in [1.29, 1.82) is 0 Å². The van der Waals surface area contributed by atoms with Crippen LogP contribution in [0.3, 0.4) is 0 Å². The molecule has 0 amide bonds. The Hall–Kier alpha value is -5.24. The summed E-state index contributed by atoms with van der Waals surface area (Å²) in [5.74, 6) is 1.08. The minimum Gasteiger partial charge on any atom is -0.497 e. The Morgan fingerprint density at radius 3 is 0.788 bits per heavy atom. The second kappa shape index (κ2) is 30.6. The average Bonchev–Trinajstić information content (AvgIpc) is 3.17. The van der Waals surface area contributed by atoms with Crippen LogP contribution in [0.2, 0.25) is 0 Å². The zero-order valence-corrected chi connectivity index (χ0v) is 33.3. The average molecular weight is 717 g/mol. The van der Waals surface area contributed by atoms with Crippen LogP contribution in [-0.2, 0) is 32.0 Å². The predicted octanol–water partition coefficient (Wildman–Crippen LogP) is 10.4. The topological polar surface area (TPSA) is 105 Å². The summed E-state index contributed by atoms with van der Waals surface area (Å²) in [6.07, 6.45) is 1.17. The summed E-state index contributed by atoms with van der Waals surface area (Å²) in [6, 6.07) is 30.3. The first-order chi connectivity index (χ1) is 25.1. The van der Waals surface area contributed by atoms with E-state index in [-0.39, 0.29) is 24.4 Å². The Balaban J connectivity index is 0. The number of carbonyl (C=O) groups excluding carboxylic acids is 4. The van der Waals surface area contributed by atoms with Gasteiger partial charge in [0.1, 0.15) is 47.4 Å². The SMILES string of the molecule is CC.CC.CC.CC.COc1ccc(Cc2ccc(OC(=O)CC(C)=O)cc2)cc1.COc1ccc(Cc2ccc(OC(=O)CC(C)=O)cc2)cc1. The number of hydrogen-bond acceptors (Lipinski definition) is 8. The van der Waals surface area contributed by atoms with Crippen LogP contribution < -0.4 is 18.9 Å². The van der Waals surface area contributed by atoms with Crippen LogP contribution in [0, 0.1) is 0 Å². The molecule has 0 saturated heterocycles. The molecule has 0 atom stereocenters. The van der Waals surface area contributed by atoms with E-state index >= 15 is 0 Å². The maximum Gasteiger partial charge on any atom is 0.318 e. The molecule has 0 aliphatic rings. The smallest absolute Gasteiger partial charge is 0.318 e. The second-order valence-electron chi connectivity index (χ2n) is 10.0. The van der Waals surface area contributed by atoms with Gasteiger partial charge in [0, 0.05) is 0 Å². The van der Waals surface area contributed by atoms with Crippen LogP contribution in [-0.4, -0.2) is 37.7 Å². The van der Waals surface area contributed by atoms with Crippen LogP contribution in [0.4, 0.5) is 0 Å². The molecule has 4 aromatic rings. The molecule has 8 heteroatoms. The molecule has 0 unspecified atom stereocenters. The maximum atomic E-state index is 11.4. The van der Waals surface area contributed by atoms with E-state index in [0.717, 1.165) is 35.5 Å². The molecule has 52 heavy (non-hydrogen) atoms. The summed E-state index contributed by atoms with van der Waals surface area (Å²) in [5.41, 5.74) is 4.55. The third kappa shape index (κ3) is 21.8. The Morgan fingerprint density at radius 1 is 0.385 bits per heavy atom. The highest BCUT2D eigenvalue weighted by Gasteiger charge is 2.09. The van der Waals surface area contributed by atoms with Crippen LogP contribution >= 0.6 is 0 Å². The van der Waals surface area contributed by atoms with Gasteiger partial charge in [-0.05, 0) is 97.5 Å². The number of esters is 2. The van der Waals surface area contributed by atoms with Crippen molar-refractivity contribution in [2.24, 2.45) is 0 Å². The zero-order chi connectivity index (χ0) is 39.9. The first-order valence-electron chi connectivity index (χ1n) is 18.0. The van der Waals surface area contributed by atoms with Crippen molar-refractivity contribution >= 4 is 23.5 Å². The summed E-state index contributed by atoms with van der Waals surface area (Å²) in [4.78, 5) is 44.5. The second-order valence-corrected chi connectivity index (χ2v) is 10.0. The molecule has 4 rings (SSSR count). The van der Waals surface area contributed by atoms with E-state index in [9.17, 15) is 19.2 Å². The molecule has 0 heterocycles. The van der Waals surface area contributed by atoms with Crippen LogP contribution in [0.5, 0.6) is 23.0 Å². The van der Waals surface area contributed by atoms with Crippen molar-refractivity contribution < 1.29 is 38.1 Å². The van der Waals surface area contributed by atoms with E-state index in [1.807, 2.05) is 128 Å². The fourth-order valence-electron chi connectivity index (χ4n) is 4.05. The van der Waals surface area contributed by atoms with Crippen molar-refractivity contribution in [1.82, 2.24) is 0 Å². The van der Waals surface area contributed by atoms with Crippen molar-refractivity contribution in [3.8, 4) is 23.0 Å². The molecule has 0 radical (unpaired) electrons. The fourth-order valence-corrected chi connectivity index (χ4v) is 4.05. The molecule has 8 nitrogen and oxygen atoms in total. The maximum absolute atomic E-state index is 11.4. The first-order valence-corrected chi connectivity index (χ1v) is 18.0. The van der Waals surface area contributed by atoms with Gasteiger partial charge in [-0.25, -0.2) is 0 Å². The number of rotatable bonds is 12. The van der Waals surface area contributed by atoms with E-state index in [2.05, 4.69) is 0 Å². The summed E-state index contributed by atoms with van der Waals surface area (Å²) >= 11 is 0. The molecular formula is C44H60O8. The van der Waals surface area contributed by atoms with Crippen molar-refractivity contribution in [2.45, 2.75) is 94.9 Å². The monoisotopic (exact) mass is 716 g/mol. The Kier molecular flexibility index (Phi) is 28.7. The van der Waals surface area contributed by atoms with E-state index in [1.54, 1.807) is 38.5 Å². The standard InChI is InChI=1S/2C18H18O4.4C2H6/c2*1-13(19)11-18(20)22-17-9-5-15(6-10-17)12-14-3-7-16(21-2)8-4-14;4*1-2/h2*3-10H,11-12H2,1-2H3;4*1-2H3. The van der Waals surface area contributed by atoms with Crippen LogP contribution in [0.1, 0.15) is 104 Å². The molecule has 0 N–H and O–H groups in total. The van der Waals surface area contributed by atoms with Gasteiger partial charge in [0.2, 0.25) is 0 Å². The molecule has 0 aliphatic heterocycles. The van der Waals surface area contributed by atoms with Gasteiger partial charge in [-0.3, -0.25) is 19.2 Å². The third-order valence-corrected chi connectivity index (χ3v) is 6.23. The molecule has 0 fully saturated rings. The Labute approximate surface area is 312 Å². The quantitative estimate of drug-likeness (QED) is 0.0810. The van der Waals surface area contributed by atoms with E-state index in [4.69, 9.17) is 18.9 Å². The molecule has 0 bridgehead atoms. The van der Waals surface area contributed by atoms with Gasteiger partial charge in [0.15, 0.2) is 0 Å². The van der Waals surface area contributed by atoms with E-state index < -0.39 is 11.9 Å². The van der Waals surface area contributed by atoms with Gasteiger partial charge < -0.3 is 18.9 Å². The van der Waals surface area contributed by atoms with E-state index in [1.165, 1.54) is 25.0 Å². The van der Waals surface area contributed by atoms with Gasteiger partial charge in [-0.15, -0.1) is 0 Å². The van der Waals surface area contributed by atoms with Gasteiger partial charge in [0.25, 0.3) is 0 Å². The fraction of sp³-hybridized carbons (Fsp3) is 0.364. The third-order valence-electron chi connectivity index (χ3n) is 6.23. The lowest BCUT2D eigenvalue weighted by atomic mass is 10.0. The largest absolute Gasteiger partial charge is 0.497 e. The summed E-state index contributed by atoms with van der Waals surface area (Å²) < 4.78 is 20.4. The number of benzene rings is 4. The van der Waals surface area contributed by atoms with Gasteiger partial charge in [-0.2, -0.15) is 0 Å². The first kappa shape index (κ1) is 48.9. The lowest BCUT2D eigenvalue weighted by molar-refractivity contribution is -0.139. The lowest BCUT2D eigenvalue weighted by Crippen LogP contribution is -2.11. The highest BCUT2D eigenvalue weighted by Crippen LogP contribution is 2.19. The number of ether oxygens (including phenoxy) is 4. The van der Waals surface area contributed by atoms with Crippen molar-refractivity contribution in [2.75, 3.05) is 14.2 Å². The summed E-state index contributed by atoms with van der Waals surface area (Å²) in [6.45, 7) is 18.7. The number of Topliss-reactive ketones (excluding diaryl/α,β-unsaturated/α-hetero) is 2. The highest BCUT2D eigenvalue weighted by atomic mass is 16.5. The van der Waals surface area contributed by atoms with Crippen LogP contribution in [0.25, 0.3) is 0 Å². The number of methoxy groups -OCH3 is 2. The Bertz CT molecular complexity index is 1400. The van der Waals surface area contributed by atoms with E-state index in [0.29, 0.717) is 11.5 Å². The summed E-state index contributed by atoms with van der Waals surface area (Å²) in [7, 11) is 3.28. The highest BCUT2D eigenvalue weighted by molar-refractivity contribution is 5.95. The number of hydrogen-bond donors (Lipinski definition) is 0. The van der Waals surface area contributed by atoms with Gasteiger partial charge >= 0.3 is 11.9 Å². The molecule has 284 valence electrons. The molecular weight excluding hydrogens is 656 g/mol.